The Bertz CT molecular complexity index is 501. The molecule has 0 atom stereocenters. The number of esters is 1. The standard InChI is InChI=1S/C12H8O3/c13-10-4-7-1-2-11-9(3-8(7)5-10)6-12(14)15-11/h2,4-6H,1,3H2. The highest BCUT2D eigenvalue weighted by Crippen LogP contribution is 2.36. The van der Waals surface area contributed by atoms with E-state index in [1.807, 2.05) is 6.08 Å². The number of ketones is 1. The topological polar surface area (TPSA) is 43.4 Å². The molecule has 1 heterocycles. The molecule has 0 fully saturated rings. The molecule has 0 aromatic carbocycles. The molecule has 3 rings (SSSR count). The monoisotopic (exact) mass is 200 g/mol. The summed E-state index contributed by atoms with van der Waals surface area (Å²) in [5, 5.41) is 0. The summed E-state index contributed by atoms with van der Waals surface area (Å²) in [6, 6.07) is 0. The Morgan fingerprint density at radius 1 is 1.00 bits per heavy atom. The van der Waals surface area contributed by atoms with Gasteiger partial charge in [0.2, 0.25) is 0 Å². The summed E-state index contributed by atoms with van der Waals surface area (Å²) < 4.78 is 5.03. The molecule has 0 aromatic rings. The first-order valence-corrected chi connectivity index (χ1v) is 4.81. The van der Waals surface area contributed by atoms with Crippen molar-refractivity contribution in [3.8, 4) is 0 Å². The van der Waals surface area contributed by atoms with Crippen molar-refractivity contribution in [1.29, 1.82) is 0 Å². The molecule has 0 radical (unpaired) electrons. The first-order chi connectivity index (χ1) is 7.22. The van der Waals surface area contributed by atoms with Crippen LogP contribution in [0.25, 0.3) is 0 Å². The number of carbonyl (C=O) groups excluding carboxylic acids is 2. The number of hydrogen-bond donors (Lipinski definition) is 0. The van der Waals surface area contributed by atoms with Gasteiger partial charge in [-0.3, -0.25) is 4.79 Å². The van der Waals surface area contributed by atoms with E-state index in [2.05, 4.69) is 0 Å². The van der Waals surface area contributed by atoms with Crippen LogP contribution in [-0.4, -0.2) is 11.8 Å². The van der Waals surface area contributed by atoms with Crippen LogP contribution in [0.3, 0.4) is 0 Å². The summed E-state index contributed by atoms with van der Waals surface area (Å²) >= 11 is 0. The fraction of sp³-hybridized carbons (Fsp3) is 0.167. The van der Waals surface area contributed by atoms with Crippen LogP contribution >= 0.6 is 0 Å². The van der Waals surface area contributed by atoms with Crippen molar-refractivity contribution < 1.29 is 14.3 Å². The Morgan fingerprint density at radius 3 is 2.67 bits per heavy atom. The number of ether oxygens (including phenoxy) is 1. The van der Waals surface area contributed by atoms with Gasteiger partial charge in [-0.05, 0) is 35.8 Å². The molecule has 2 aliphatic carbocycles. The van der Waals surface area contributed by atoms with Crippen LogP contribution in [0.4, 0.5) is 0 Å². The van der Waals surface area contributed by atoms with Crippen molar-refractivity contribution in [3.05, 3.63) is 46.8 Å². The number of allylic oxidation sites excluding steroid dienone is 6. The van der Waals surface area contributed by atoms with E-state index in [1.165, 1.54) is 6.08 Å². The van der Waals surface area contributed by atoms with Crippen LogP contribution in [0.1, 0.15) is 12.8 Å². The normalized spacial score (nSPS) is 23.2. The molecule has 3 nitrogen and oxygen atoms in total. The molecular weight excluding hydrogens is 192 g/mol. The number of carbonyl (C=O) groups is 2. The number of rotatable bonds is 0. The lowest BCUT2D eigenvalue weighted by Crippen LogP contribution is -1.90. The van der Waals surface area contributed by atoms with Gasteiger partial charge in [0.15, 0.2) is 5.78 Å². The summed E-state index contributed by atoms with van der Waals surface area (Å²) in [5.41, 5.74) is 2.93. The average Bonchev–Trinajstić information content (AvgIpc) is 2.65. The summed E-state index contributed by atoms with van der Waals surface area (Å²) in [6.45, 7) is 0. The van der Waals surface area contributed by atoms with E-state index in [1.54, 1.807) is 12.2 Å². The van der Waals surface area contributed by atoms with E-state index in [9.17, 15) is 9.59 Å². The predicted octanol–water partition coefficient (Wildman–Crippen LogP) is 1.58. The Labute approximate surface area is 86.4 Å². The third-order valence-electron chi connectivity index (χ3n) is 2.75. The lowest BCUT2D eigenvalue weighted by atomic mass is 10.0. The third kappa shape index (κ3) is 1.28. The Morgan fingerprint density at radius 2 is 1.80 bits per heavy atom. The Hall–Kier alpha value is -1.90. The van der Waals surface area contributed by atoms with E-state index in [0.29, 0.717) is 18.6 Å². The van der Waals surface area contributed by atoms with Crippen LogP contribution in [0, 0.1) is 0 Å². The van der Waals surface area contributed by atoms with Gasteiger partial charge < -0.3 is 4.74 Å². The van der Waals surface area contributed by atoms with E-state index in [-0.39, 0.29) is 11.8 Å². The lowest BCUT2D eigenvalue weighted by molar-refractivity contribution is -0.132. The number of fused-ring (bicyclic) bond motifs is 2. The second-order valence-electron chi connectivity index (χ2n) is 3.78. The van der Waals surface area contributed by atoms with Crippen LogP contribution < -0.4 is 0 Å². The van der Waals surface area contributed by atoms with Crippen LogP contribution in [0.15, 0.2) is 46.8 Å². The third-order valence-corrected chi connectivity index (χ3v) is 2.75. The minimum absolute atomic E-state index is 0.0442. The summed E-state index contributed by atoms with van der Waals surface area (Å²) in [6.07, 6.45) is 7.93. The SMILES string of the molecule is O=C1C=C2CC=C3OC(=O)C=C3CC2=C1. The number of hydrogen-bond acceptors (Lipinski definition) is 3. The summed E-state index contributed by atoms with van der Waals surface area (Å²) in [4.78, 5) is 22.2. The molecule has 15 heavy (non-hydrogen) atoms. The summed E-state index contributed by atoms with van der Waals surface area (Å²) in [7, 11) is 0. The van der Waals surface area contributed by atoms with E-state index < -0.39 is 0 Å². The minimum atomic E-state index is -0.311. The highest BCUT2D eigenvalue weighted by molar-refractivity contribution is 6.04. The van der Waals surface area contributed by atoms with Gasteiger partial charge in [0.1, 0.15) is 5.76 Å². The first-order valence-electron chi connectivity index (χ1n) is 4.81. The van der Waals surface area contributed by atoms with E-state index in [4.69, 9.17) is 4.74 Å². The van der Waals surface area contributed by atoms with Crippen LogP contribution in [0.2, 0.25) is 0 Å². The molecule has 3 aliphatic rings. The van der Waals surface area contributed by atoms with Gasteiger partial charge in [-0.1, -0.05) is 0 Å². The average molecular weight is 200 g/mol. The maximum Gasteiger partial charge on any atom is 0.336 e. The first kappa shape index (κ1) is 8.41. The van der Waals surface area contributed by atoms with Gasteiger partial charge in [-0.2, -0.15) is 0 Å². The van der Waals surface area contributed by atoms with Crippen LogP contribution in [-0.2, 0) is 14.3 Å². The minimum Gasteiger partial charge on any atom is -0.423 e. The smallest absolute Gasteiger partial charge is 0.336 e. The summed E-state index contributed by atoms with van der Waals surface area (Å²) in [5.74, 6) is 0.389. The van der Waals surface area contributed by atoms with Gasteiger partial charge in [-0.25, -0.2) is 4.79 Å². The van der Waals surface area contributed by atoms with Gasteiger partial charge in [0.05, 0.1) is 0 Å². The van der Waals surface area contributed by atoms with Crippen molar-refractivity contribution in [2.24, 2.45) is 0 Å². The Kier molecular flexibility index (Phi) is 1.57. The maximum absolute atomic E-state index is 11.2. The zero-order valence-electron chi connectivity index (χ0n) is 7.95. The highest BCUT2D eigenvalue weighted by Gasteiger charge is 2.26. The zero-order chi connectivity index (χ0) is 10.4. The second kappa shape index (κ2) is 2.79. The molecule has 0 N–H and O–H groups in total. The fourth-order valence-corrected chi connectivity index (χ4v) is 2.06. The molecule has 0 spiro atoms. The lowest BCUT2D eigenvalue weighted by Gasteiger charge is -2.01. The largest absolute Gasteiger partial charge is 0.423 e. The molecule has 0 aromatic heterocycles. The van der Waals surface area contributed by atoms with Crippen molar-refractivity contribution in [1.82, 2.24) is 0 Å². The molecule has 0 saturated heterocycles. The Balaban J connectivity index is 2.04. The molecule has 0 bridgehead atoms. The molecular formula is C12H8O3. The maximum atomic E-state index is 11.2. The molecule has 0 unspecified atom stereocenters. The van der Waals surface area contributed by atoms with Crippen molar-refractivity contribution in [2.45, 2.75) is 12.8 Å². The highest BCUT2D eigenvalue weighted by atomic mass is 16.5. The van der Waals surface area contributed by atoms with Crippen molar-refractivity contribution in [3.63, 3.8) is 0 Å². The molecule has 1 aliphatic heterocycles. The van der Waals surface area contributed by atoms with Gasteiger partial charge in [0.25, 0.3) is 0 Å². The second-order valence-corrected chi connectivity index (χ2v) is 3.78. The quantitative estimate of drug-likeness (QED) is 0.557. The molecule has 0 amide bonds. The molecule has 74 valence electrons. The van der Waals surface area contributed by atoms with Gasteiger partial charge >= 0.3 is 5.97 Å². The molecule has 3 heteroatoms. The molecule has 0 saturated carbocycles. The van der Waals surface area contributed by atoms with Gasteiger partial charge in [-0.15, -0.1) is 0 Å². The van der Waals surface area contributed by atoms with Crippen molar-refractivity contribution >= 4 is 11.8 Å². The van der Waals surface area contributed by atoms with Crippen LogP contribution in [0.5, 0.6) is 0 Å². The predicted molar refractivity (Wildman–Crippen MR) is 52.7 cm³/mol. The fourth-order valence-electron chi connectivity index (χ4n) is 2.06. The van der Waals surface area contributed by atoms with Crippen molar-refractivity contribution in [2.75, 3.05) is 0 Å². The van der Waals surface area contributed by atoms with Gasteiger partial charge in [0, 0.05) is 18.1 Å². The van der Waals surface area contributed by atoms with E-state index in [0.717, 1.165) is 16.7 Å². The zero-order valence-corrected chi connectivity index (χ0v) is 7.95. The van der Waals surface area contributed by atoms with E-state index >= 15 is 0 Å².